The van der Waals surface area contributed by atoms with Gasteiger partial charge in [-0.3, -0.25) is 0 Å². The molecule has 3 rings (SSSR count). The number of methoxy groups -OCH3 is 1. The minimum absolute atomic E-state index is 0. The van der Waals surface area contributed by atoms with Gasteiger partial charge in [-0.1, -0.05) is 53.6 Å². The zero-order chi connectivity index (χ0) is 19.9. The van der Waals surface area contributed by atoms with E-state index in [0.717, 1.165) is 28.7 Å². The maximum atomic E-state index is 5.99. The monoisotopic (exact) mass is 495 g/mol. The van der Waals surface area contributed by atoms with Gasteiger partial charge in [-0.2, -0.15) is 0 Å². The van der Waals surface area contributed by atoms with Gasteiger partial charge in [0, 0.05) is 18.1 Å². The van der Waals surface area contributed by atoms with E-state index in [4.69, 9.17) is 21.1 Å². The second-order valence-corrected chi connectivity index (χ2v) is 7.90. The Bertz CT molecular complexity index is 915. The van der Waals surface area contributed by atoms with Crippen LogP contribution >= 0.6 is 39.9 Å². The van der Waals surface area contributed by atoms with Crippen LogP contribution in [0.5, 0.6) is 11.5 Å². The standard InChI is InChI=1S/C23H23BrClNO2.ClH/c1-16-3-5-17(6-4-16)13-26-14-19-11-21(24)23(22(12-19)27-2)28-15-18-7-9-20(25)10-8-18;/h3-12,26H,13-15H2,1-2H3;1H. The zero-order valence-corrected chi connectivity index (χ0v) is 19.5. The summed E-state index contributed by atoms with van der Waals surface area (Å²) in [5.74, 6) is 1.40. The zero-order valence-electron chi connectivity index (χ0n) is 16.4. The lowest BCUT2D eigenvalue weighted by Crippen LogP contribution is -2.13. The highest BCUT2D eigenvalue weighted by molar-refractivity contribution is 9.10. The molecule has 0 aliphatic rings. The molecule has 6 heteroatoms. The van der Waals surface area contributed by atoms with E-state index < -0.39 is 0 Å². The molecule has 0 fully saturated rings. The van der Waals surface area contributed by atoms with Crippen molar-refractivity contribution in [3.05, 3.63) is 92.4 Å². The Kier molecular flexibility index (Phi) is 9.31. The molecule has 0 bridgehead atoms. The molecule has 3 aromatic rings. The third kappa shape index (κ3) is 6.93. The van der Waals surface area contributed by atoms with Gasteiger partial charge in [0.05, 0.1) is 11.6 Å². The van der Waals surface area contributed by atoms with Crippen LogP contribution in [0.4, 0.5) is 0 Å². The molecule has 0 amide bonds. The van der Waals surface area contributed by atoms with Crippen LogP contribution in [0, 0.1) is 6.92 Å². The fraction of sp³-hybridized carbons (Fsp3) is 0.217. The van der Waals surface area contributed by atoms with E-state index >= 15 is 0 Å². The number of halogens is 3. The van der Waals surface area contributed by atoms with Crippen LogP contribution in [0.15, 0.2) is 65.1 Å². The molecule has 0 heterocycles. The van der Waals surface area contributed by atoms with Crippen molar-refractivity contribution in [3.8, 4) is 11.5 Å². The SMILES string of the molecule is COc1cc(CNCc2ccc(C)cc2)cc(Br)c1OCc1ccc(Cl)cc1.Cl. The van der Waals surface area contributed by atoms with E-state index in [1.54, 1.807) is 7.11 Å². The molecule has 0 atom stereocenters. The van der Waals surface area contributed by atoms with Gasteiger partial charge in [0.1, 0.15) is 6.61 Å². The second kappa shape index (κ2) is 11.5. The summed E-state index contributed by atoms with van der Waals surface area (Å²) < 4.78 is 12.4. The van der Waals surface area contributed by atoms with Crippen molar-refractivity contribution in [1.82, 2.24) is 5.32 Å². The van der Waals surface area contributed by atoms with Crippen LogP contribution in [0.2, 0.25) is 5.02 Å². The quantitative estimate of drug-likeness (QED) is 0.376. The van der Waals surface area contributed by atoms with Gasteiger partial charge in [-0.05, 0) is 63.8 Å². The lowest BCUT2D eigenvalue weighted by molar-refractivity contribution is 0.282. The van der Waals surface area contributed by atoms with Crippen molar-refractivity contribution in [2.75, 3.05) is 7.11 Å². The first-order valence-corrected chi connectivity index (χ1v) is 10.2. The maximum absolute atomic E-state index is 5.99. The van der Waals surface area contributed by atoms with E-state index in [-0.39, 0.29) is 12.4 Å². The smallest absolute Gasteiger partial charge is 0.175 e. The fourth-order valence-corrected chi connectivity index (χ4v) is 3.54. The van der Waals surface area contributed by atoms with Crippen LogP contribution in [0.3, 0.4) is 0 Å². The summed E-state index contributed by atoms with van der Waals surface area (Å²) >= 11 is 9.55. The Morgan fingerprint density at radius 1 is 0.897 bits per heavy atom. The molecule has 0 radical (unpaired) electrons. The van der Waals surface area contributed by atoms with Crippen LogP contribution < -0.4 is 14.8 Å². The highest BCUT2D eigenvalue weighted by Gasteiger charge is 2.12. The summed E-state index contributed by atoms with van der Waals surface area (Å²) in [7, 11) is 1.65. The van der Waals surface area contributed by atoms with Crippen molar-refractivity contribution in [2.45, 2.75) is 26.6 Å². The lowest BCUT2D eigenvalue weighted by Gasteiger charge is -2.15. The van der Waals surface area contributed by atoms with Crippen molar-refractivity contribution >= 4 is 39.9 Å². The van der Waals surface area contributed by atoms with E-state index in [2.05, 4.69) is 58.5 Å². The normalized spacial score (nSPS) is 10.3. The van der Waals surface area contributed by atoms with E-state index in [1.165, 1.54) is 11.1 Å². The molecular formula is C23H24BrCl2NO2. The molecule has 1 N–H and O–H groups in total. The molecule has 0 unspecified atom stereocenters. The molecule has 3 aromatic carbocycles. The predicted octanol–water partition coefficient (Wildman–Crippen LogP) is 6.71. The minimum Gasteiger partial charge on any atom is -0.493 e. The van der Waals surface area contributed by atoms with Gasteiger partial charge in [0.25, 0.3) is 0 Å². The van der Waals surface area contributed by atoms with E-state index in [9.17, 15) is 0 Å². The number of aryl methyl sites for hydroxylation is 1. The van der Waals surface area contributed by atoms with Gasteiger partial charge < -0.3 is 14.8 Å². The Hall–Kier alpha value is -1.72. The number of rotatable bonds is 8. The van der Waals surface area contributed by atoms with Gasteiger partial charge in [0.2, 0.25) is 0 Å². The third-order valence-corrected chi connectivity index (χ3v) is 5.21. The summed E-state index contributed by atoms with van der Waals surface area (Å²) in [4.78, 5) is 0. The van der Waals surface area contributed by atoms with Crippen molar-refractivity contribution in [3.63, 3.8) is 0 Å². The molecule has 0 saturated heterocycles. The largest absolute Gasteiger partial charge is 0.493 e. The van der Waals surface area contributed by atoms with Gasteiger partial charge in [-0.25, -0.2) is 0 Å². The number of ether oxygens (including phenoxy) is 2. The Balaban J connectivity index is 0.00000300. The molecular weight excluding hydrogens is 473 g/mol. The molecule has 3 nitrogen and oxygen atoms in total. The molecule has 0 aromatic heterocycles. The predicted molar refractivity (Wildman–Crippen MR) is 125 cm³/mol. The average Bonchev–Trinajstić information content (AvgIpc) is 2.69. The Morgan fingerprint density at radius 2 is 1.52 bits per heavy atom. The van der Waals surface area contributed by atoms with Crippen LogP contribution in [0.25, 0.3) is 0 Å². The van der Waals surface area contributed by atoms with Crippen molar-refractivity contribution in [1.29, 1.82) is 0 Å². The molecule has 154 valence electrons. The Morgan fingerprint density at radius 3 is 2.17 bits per heavy atom. The molecule has 0 spiro atoms. The highest BCUT2D eigenvalue weighted by Crippen LogP contribution is 2.37. The molecule has 0 aliphatic heterocycles. The summed E-state index contributed by atoms with van der Waals surface area (Å²) in [6, 6.07) is 20.2. The van der Waals surface area contributed by atoms with E-state index in [0.29, 0.717) is 23.1 Å². The molecule has 0 aliphatic carbocycles. The first-order valence-electron chi connectivity index (χ1n) is 9.05. The van der Waals surface area contributed by atoms with Gasteiger partial charge in [0.15, 0.2) is 11.5 Å². The second-order valence-electron chi connectivity index (χ2n) is 6.61. The first-order chi connectivity index (χ1) is 13.5. The van der Waals surface area contributed by atoms with Gasteiger partial charge >= 0.3 is 0 Å². The third-order valence-electron chi connectivity index (χ3n) is 4.36. The molecule has 29 heavy (non-hydrogen) atoms. The maximum Gasteiger partial charge on any atom is 0.175 e. The van der Waals surface area contributed by atoms with Crippen LogP contribution in [0.1, 0.15) is 22.3 Å². The topological polar surface area (TPSA) is 30.5 Å². The fourth-order valence-electron chi connectivity index (χ4n) is 2.81. The highest BCUT2D eigenvalue weighted by atomic mass is 79.9. The minimum atomic E-state index is 0. The lowest BCUT2D eigenvalue weighted by atomic mass is 10.1. The summed E-state index contributed by atoms with van der Waals surface area (Å²) in [6.45, 7) is 4.09. The number of benzene rings is 3. The summed E-state index contributed by atoms with van der Waals surface area (Å²) in [5, 5.41) is 4.18. The van der Waals surface area contributed by atoms with Crippen LogP contribution in [-0.4, -0.2) is 7.11 Å². The number of hydrogen-bond donors (Lipinski definition) is 1. The van der Waals surface area contributed by atoms with Crippen LogP contribution in [-0.2, 0) is 19.7 Å². The number of hydrogen-bond acceptors (Lipinski definition) is 3. The van der Waals surface area contributed by atoms with E-state index in [1.807, 2.05) is 30.3 Å². The first kappa shape index (κ1) is 23.6. The Labute approximate surface area is 191 Å². The van der Waals surface area contributed by atoms with Crippen molar-refractivity contribution < 1.29 is 9.47 Å². The average molecular weight is 497 g/mol. The number of nitrogens with one attached hydrogen (secondary N) is 1. The summed E-state index contributed by atoms with van der Waals surface area (Å²) in [5.41, 5.74) is 4.70. The molecule has 0 saturated carbocycles. The summed E-state index contributed by atoms with van der Waals surface area (Å²) in [6.07, 6.45) is 0. The van der Waals surface area contributed by atoms with Gasteiger partial charge in [-0.15, -0.1) is 12.4 Å². The van der Waals surface area contributed by atoms with Crippen molar-refractivity contribution in [2.24, 2.45) is 0 Å².